The van der Waals surface area contributed by atoms with Crippen LogP contribution in [-0.4, -0.2) is 53.3 Å². The number of rotatable bonds is 8. The second-order valence-corrected chi connectivity index (χ2v) is 6.02. The number of methoxy groups -OCH3 is 1. The van der Waals surface area contributed by atoms with Crippen molar-refractivity contribution in [3.63, 3.8) is 0 Å². The Balaban J connectivity index is 5.22. The Kier molecular flexibility index (Phi) is 8.52. The SMILES string of the molecule is CCCCCN(C(=O)OC)C(CC(=O)O)C(=O)OC(C)(C)C. The third-order valence-electron chi connectivity index (χ3n) is 2.83. The van der Waals surface area contributed by atoms with Gasteiger partial charge in [0.2, 0.25) is 0 Å². The van der Waals surface area contributed by atoms with Crippen molar-refractivity contribution in [2.24, 2.45) is 0 Å². The van der Waals surface area contributed by atoms with Crippen molar-refractivity contribution in [2.45, 2.75) is 65.0 Å². The first-order valence-corrected chi connectivity index (χ1v) is 7.41. The minimum absolute atomic E-state index is 0.248. The van der Waals surface area contributed by atoms with Crippen molar-refractivity contribution in [3.8, 4) is 0 Å². The average Bonchev–Trinajstić information content (AvgIpc) is 2.38. The number of aliphatic carboxylic acids is 1. The number of carboxylic acid groups (broad SMARTS) is 1. The second kappa shape index (κ2) is 9.27. The lowest BCUT2D eigenvalue weighted by molar-refractivity contribution is -0.163. The van der Waals surface area contributed by atoms with Crippen LogP contribution in [-0.2, 0) is 19.1 Å². The Morgan fingerprint density at radius 3 is 2.18 bits per heavy atom. The van der Waals surface area contributed by atoms with Crippen molar-refractivity contribution < 1.29 is 29.0 Å². The summed E-state index contributed by atoms with van der Waals surface area (Å²) < 4.78 is 9.90. The molecule has 0 aliphatic heterocycles. The Morgan fingerprint density at radius 1 is 1.18 bits per heavy atom. The molecule has 7 nitrogen and oxygen atoms in total. The van der Waals surface area contributed by atoms with Crippen LogP contribution in [0.1, 0.15) is 53.4 Å². The molecule has 1 unspecified atom stereocenters. The van der Waals surface area contributed by atoms with Crippen molar-refractivity contribution >= 4 is 18.0 Å². The van der Waals surface area contributed by atoms with Gasteiger partial charge in [0, 0.05) is 6.54 Å². The van der Waals surface area contributed by atoms with Crippen LogP contribution < -0.4 is 0 Å². The normalized spacial score (nSPS) is 12.4. The van der Waals surface area contributed by atoms with Gasteiger partial charge in [-0.3, -0.25) is 9.69 Å². The van der Waals surface area contributed by atoms with E-state index in [0.717, 1.165) is 17.7 Å². The van der Waals surface area contributed by atoms with Crippen LogP contribution in [0.2, 0.25) is 0 Å². The van der Waals surface area contributed by atoms with Crippen LogP contribution in [0.15, 0.2) is 0 Å². The molecular formula is C15H27NO6. The number of nitrogens with zero attached hydrogens (tertiary/aromatic N) is 1. The fourth-order valence-corrected chi connectivity index (χ4v) is 1.88. The largest absolute Gasteiger partial charge is 0.481 e. The highest BCUT2D eigenvalue weighted by molar-refractivity contribution is 5.86. The van der Waals surface area contributed by atoms with Crippen molar-refractivity contribution in [3.05, 3.63) is 0 Å². The van der Waals surface area contributed by atoms with E-state index in [4.69, 9.17) is 9.84 Å². The molecule has 0 aromatic carbocycles. The summed E-state index contributed by atoms with van der Waals surface area (Å²) in [6, 6.07) is -1.19. The zero-order valence-corrected chi connectivity index (χ0v) is 14.0. The molecular weight excluding hydrogens is 290 g/mol. The molecule has 128 valence electrons. The Hall–Kier alpha value is -1.79. The number of ether oxygens (including phenoxy) is 2. The second-order valence-electron chi connectivity index (χ2n) is 6.02. The molecule has 1 amide bonds. The van der Waals surface area contributed by atoms with Crippen LogP contribution in [0.5, 0.6) is 0 Å². The maximum absolute atomic E-state index is 12.3. The topological polar surface area (TPSA) is 93.1 Å². The van der Waals surface area contributed by atoms with Gasteiger partial charge in [-0.15, -0.1) is 0 Å². The fraction of sp³-hybridized carbons (Fsp3) is 0.800. The van der Waals surface area contributed by atoms with Crippen LogP contribution in [0.3, 0.4) is 0 Å². The zero-order valence-electron chi connectivity index (χ0n) is 14.0. The molecule has 22 heavy (non-hydrogen) atoms. The lowest BCUT2D eigenvalue weighted by Crippen LogP contribution is -2.49. The molecule has 0 aromatic heterocycles. The standard InChI is InChI=1S/C15H27NO6/c1-6-7-8-9-16(14(20)21-5)11(10-12(17)18)13(19)22-15(2,3)4/h11H,6-10H2,1-5H3,(H,17,18). The predicted molar refractivity (Wildman–Crippen MR) is 80.5 cm³/mol. The van der Waals surface area contributed by atoms with Crippen molar-refractivity contribution in [1.29, 1.82) is 0 Å². The third kappa shape index (κ3) is 7.85. The summed E-state index contributed by atoms with van der Waals surface area (Å²) in [6.07, 6.45) is 1.21. The molecule has 0 fully saturated rings. The van der Waals surface area contributed by atoms with E-state index in [1.165, 1.54) is 7.11 Å². The molecule has 0 radical (unpaired) electrons. The van der Waals surface area contributed by atoms with E-state index in [0.29, 0.717) is 6.42 Å². The van der Waals surface area contributed by atoms with E-state index in [-0.39, 0.29) is 6.54 Å². The Labute approximate surface area is 131 Å². The minimum atomic E-state index is -1.19. The maximum atomic E-state index is 12.3. The van der Waals surface area contributed by atoms with Crippen molar-refractivity contribution in [2.75, 3.05) is 13.7 Å². The smallest absolute Gasteiger partial charge is 0.410 e. The van der Waals surface area contributed by atoms with E-state index in [1.807, 2.05) is 6.92 Å². The van der Waals surface area contributed by atoms with Gasteiger partial charge in [0.25, 0.3) is 0 Å². The van der Waals surface area contributed by atoms with Gasteiger partial charge >= 0.3 is 18.0 Å². The van der Waals surface area contributed by atoms with E-state index < -0.39 is 36.1 Å². The molecule has 0 saturated carbocycles. The zero-order chi connectivity index (χ0) is 17.3. The fourth-order valence-electron chi connectivity index (χ4n) is 1.88. The van der Waals surface area contributed by atoms with Gasteiger partial charge in [-0.05, 0) is 27.2 Å². The molecule has 1 N–H and O–H groups in total. The monoisotopic (exact) mass is 317 g/mol. The van der Waals surface area contributed by atoms with Gasteiger partial charge in [0.15, 0.2) is 0 Å². The molecule has 0 rings (SSSR count). The van der Waals surface area contributed by atoms with E-state index in [1.54, 1.807) is 20.8 Å². The third-order valence-corrected chi connectivity index (χ3v) is 2.83. The van der Waals surface area contributed by atoms with E-state index in [2.05, 4.69) is 4.74 Å². The van der Waals surface area contributed by atoms with Crippen LogP contribution >= 0.6 is 0 Å². The van der Waals surface area contributed by atoms with E-state index in [9.17, 15) is 14.4 Å². The van der Waals surface area contributed by atoms with Crippen molar-refractivity contribution in [1.82, 2.24) is 4.90 Å². The minimum Gasteiger partial charge on any atom is -0.481 e. The van der Waals surface area contributed by atoms with Gasteiger partial charge in [0.1, 0.15) is 11.6 Å². The maximum Gasteiger partial charge on any atom is 0.410 e. The number of carbonyl (C=O) groups is 3. The van der Waals surface area contributed by atoms with Gasteiger partial charge < -0.3 is 14.6 Å². The first-order chi connectivity index (χ1) is 10.1. The number of amides is 1. The van der Waals surface area contributed by atoms with Crippen LogP contribution in [0, 0.1) is 0 Å². The number of unbranched alkanes of at least 4 members (excludes halogenated alkanes) is 2. The molecule has 7 heteroatoms. The summed E-state index contributed by atoms with van der Waals surface area (Å²) in [7, 11) is 1.20. The highest BCUT2D eigenvalue weighted by Gasteiger charge is 2.35. The number of carbonyl (C=O) groups excluding carboxylic acids is 2. The van der Waals surface area contributed by atoms with Gasteiger partial charge in [0.05, 0.1) is 13.5 Å². The molecule has 0 aliphatic carbocycles. The first kappa shape index (κ1) is 20.2. The summed E-state index contributed by atoms with van der Waals surface area (Å²) in [4.78, 5) is 36.3. The summed E-state index contributed by atoms with van der Waals surface area (Å²) >= 11 is 0. The average molecular weight is 317 g/mol. The molecule has 1 atom stereocenters. The number of carboxylic acids is 1. The number of hydrogen-bond donors (Lipinski definition) is 1. The summed E-state index contributed by atoms with van der Waals surface area (Å²) in [6.45, 7) is 7.30. The Morgan fingerprint density at radius 2 is 1.77 bits per heavy atom. The molecule has 0 bridgehead atoms. The molecule has 0 spiro atoms. The predicted octanol–water partition coefficient (Wildman–Crippen LogP) is 2.43. The van der Waals surface area contributed by atoms with Crippen LogP contribution in [0.25, 0.3) is 0 Å². The van der Waals surface area contributed by atoms with Crippen LogP contribution in [0.4, 0.5) is 4.79 Å². The first-order valence-electron chi connectivity index (χ1n) is 7.41. The Bertz CT molecular complexity index is 388. The summed E-state index contributed by atoms with van der Waals surface area (Å²) in [5, 5.41) is 9.02. The molecule has 0 heterocycles. The highest BCUT2D eigenvalue weighted by atomic mass is 16.6. The lowest BCUT2D eigenvalue weighted by atomic mass is 10.1. The number of hydrogen-bond acceptors (Lipinski definition) is 5. The quantitative estimate of drug-likeness (QED) is 0.546. The molecule has 0 aliphatic rings. The van der Waals surface area contributed by atoms with E-state index >= 15 is 0 Å². The van der Waals surface area contributed by atoms with Gasteiger partial charge in [-0.1, -0.05) is 19.8 Å². The lowest BCUT2D eigenvalue weighted by Gasteiger charge is -2.30. The summed E-state index contributed by atoms with van der Waals surface area (Å²) in [5.41, 5.74) is -0.765. The van der Waals surface area contributed by atoms with Gasteiger partial charge in [-0.25, -0.2) is 9.59 Å². The summed E-state index contributed by atoms with van der Waals surface area (Å²) in [5.74, 6) is -1.92. The molecule has 0 saturated heterocycles. The highest BCUT2D eigenvalue weighted by Crippen LogP contribution is 2.16. The molecule has 0 aromatic rings. The number of esters is 1. The van der Waals surface area contributed by atoms with Gasteiger partial charge in [-0.2, -0.15) is 0 Å².